The fourth-order valence-corrected chi connectivity index (χ4v) is 6.41. The van der Waals surface area contributed by atoms with E-state index >= 15 is 0 Å². The molecule has 0 radical (unpaired) electrons. The third-order valence-electron chi connectivity index (χ3n) is 9.37. The zero-order valence-electron chi connectivity index (χ0n) is 29.1. The maximum absolute atomic E-state index is 14.0. The quantitative estimate of drug-likeness (QED) is 0.143. The summed E-state index contributed by atoms with van der Waals surface area (Å²) in [5, 5.41) is 53.9. The number of cyclic esters (lactones) is 1. The molecule has 0 aromatic carbocycles. The van der Waals surface area contributed by atoms with Crippen LogP contribution in [0.3, 0.4) is 0 Å². The second kappa shape index (κ2) is 15.8. The van der Waals surface area contributed by atoms with Gasteiger partial charge in [-0.3, -0.25) is 9.59 Å². The van der Waals surface area contributed by atoms with E-state index in [0.717, 1.165) is 0 Å². The highest BCUT2D eigenvalue weighted by Gasteiger charge is 2.52. The number of aliphatic hydroxyl groups excluding tert-OH is 3. The lowest BCUT2D eigenvalue weighted by Gasteiger charge is -2.47. The Labute approximate surface area is 268 Å². The van der Waals surface area contributed by atoms with Crippen LogP contribution >= 0.6 is 0 Å². The van der Waals surface area contributed by atoms with Gasteiger partial charge in [-0.15, -0.1) is 0 Å². The van der Waals surface area contributed by atoms with Gasteiger partial charge in [0.1, 0.15) is 35.9 Å². The Morgan fingerprint density at radius 3 is 2.20 bits per heavy atom. The van der Waals surface area contributed by atoms with Crippen LogP contribution in [0.15, 0.2) is 10.2 Å². The van der Waals surface area contributed by atoms with Crippen LogP contribution in [0.25, 0.3) is 0 Å². The van der Waals surface area contributed by atoms with Crippen LogP contribution in [-0.4, -0.2) is 130 Å². The molecule has 4 N–H and O–H groups in total. The lowest BCUT2D eigenvalue weighted by Crippen LogP contribution is -2.60. The number of carbonyl (C=O) groups is 2. The topological polar surface area (TPSA) is 180 Å². The number of methoxy groups -OCH3 is 1. The first-order chi connectivity index (χ1) is 20.7. The van der Waals surface area contributed by atoms with Crippen molar-refractivity contribution in [2.45, 2.75) is 142 Å². The van der Waals surface area contributed by atoms with E-state index in [1.165, 1.54) is 21.0 Å². The SMILES string of the molecule is CC[C@H]1OC(=O)[C@H](C)C(=O)[C@H](C)C(O[C@@H]2O[C@H](C)C[C@H](N(C)C)[C@H]2O)[C@](C)(OC)C[C@@H](C)/C(=N/N=C(C)C)[C@H](O)[C@@H](O)[C@]1(C)O. The van der Waals surface area contributed by atoms with E-state index in [4.69, 9.17) is 18.9 Å². The highest BCUT2D eigenvalue weighted by molar-refractivity contribution is 6.00. The Kier molecular flexibility index (Phi) is 13.8. The summed E-state index contributed by atoms with van der Waals surface area (Å²) in [5.41, 5.74) is -2.77. The van der Waals surface area contributed by atoms with E-state index in [0.29, 0.717) is 12.1 Å². The lowest BCUT2D eigenvalue weighted by molar-refractivity contribution is -0.295. The molecule has 1 unspecified atom stereocenters. The zero-order valence-corrected chi connectivity index (χ0v) is 29.1. The summed E-state index contributed by atoms with van der Waals surface area (Å²) in [6, 6.07) is -0.283. The molecule has 13 atom stereocenters. The lowest BCUT2D eigenvalue weighted by atomic mass is 9.75. The van der Waals surface area contributed by atoms with Gasteiger partial charge in [0.2, 0.25) is 0 Å². The molecule has 0 saturated carbocycles. The second-order valence-electron chi connectivity index (χ2n) is 13.7. The molecule has 0 aromatic heterocycles. The van der Waals surface area contributed by atoms with E-state index in [2.05, 4.69) is 10.2 Å². The fraction of sp³-hybridized carbons (Fsp3) is 0.875. The van der Waals surface area contributed by atoms with E-state index in [9.17, 15) is 30.0 Å². The number of hydrogen-bond donors (Lipinski definition) is 4. The predicted molar refractivity (Wildman–Crippen MR) is 169 cm³/mol. The molecule has 2 rings (SSSR count). The molecule has 260 valence electrons. The third kappa shape index (κ3) is 8.95. The van der Waals surface area contributed by atoms with Gasteiger partial charge >= 0.3 is 5.97 Å². The van der Waals surface area contributed by atoms with Gasteiger partial charge < -0.3 is 44.3 Å². The van der Waals surface area contributed by atoms with Gasteiger partial charge in [-0.1, -0.05) is 20.8 Å². The first-order valence-electron chi connectivity index (χ1n) is 15.8. The van der Waals surface area contributed by atoms with Crippen molar-refractivity contribution in [2.24, 2.45) is 28.0 Å². The average Bonchev–Trinajstić information content (AvgIpc) is 2.97. The Morgan fingerprint density at radius 2 is 1.69 bits per heavy atom. The number of aliphatic hydroxyl groups is 4. The molecule has 2 fully saturated rings. The Morgan fingerprint density at radius 1 is 1.09 bits per heavy atom. The molecule has 0 bridgehead atoms. The molecule has 0 amide bonds. The van der Waals surface area contributed by atoms with Crippen LogP contribution in [-0.2, 0) is 28.5 Å². The van der Waals surface area contributed by atoms with Crippen molar-refractivity contribution in [1.82, 2.24) is 4.90 Å². The van der Waals surface area contributed by atoms with Crippen molar-refractivity contribution in [1.29, 1.82) is 0 Å². The Balaban J connectivity index is 2.75. The monoisotopic (exact) mass is 643 g/mol. The summed E-state index contributed by atoms with van der Waals surface area (Å²) < 4.78 is 24.3. The maximum atomic E-state index is 14.0. The molecule has 2 saturated heterocycles. The van der Waals surface area contributed by atoms with Crippen molar-refractivity contribution in [3.05, 3.63) is 0 Å². The molecule has 45 heavy (non-hydrogen) atoms. The minimum Gasteiger partial charge on any atom is -0.459 e. The summed E-state index contributed by atoms with van der Waals surface area (Å²) >= 11 is 0. The van der Waals surface area contributed by atoms with Crippen LogP contribution in [0.5, 0.6) is 0 Å². The van der Waals surface area contributed by atoms with Crippen molar-refractivity contribution >= 4 is 23.2 Å². The van der Waals surface area contributed by atoms with Crippen molar-refractivity contribution < 1.29 is 49.0 Å². The smallest absolute Gasteiger partial charge is 0.316 e. The van der Waals surface area contributed by atoms with Crippen LogP contribution in [0.4, 0.5) is 0 Å². The van der Waals surface area contributed by atoms with Crippen molar-refractivity contribution in [3.63, 3.8) is 0 Å². The number of nitrogens with zero attached hydrogens (tertiary/aromatic N) is 3. The van der Waals surface area contributed by atoms with E-state index < -0.39 is 77.5 Å². The standard InChI is InChI=1S/C32H57N3O10/c1-13-22-32(9,41)27(39)26(38)23(34-33-16(2)3)17(4)15-31(8,42-12)28(19(6)24(36)20(7)29(40)44-22)45-30-25(37)21(35(10)11)14-18(5)43-30/h17-22,25-28,30,37-39,41H,13-15H2,1-12H3/b34-23-/t17-,18-,19+,20-,21+,22-,25-,26+,27-,28?,30+,31-,32-/m1/s1. The highest BCUT2D eigenvalue weighted by Crippen LogP contribution is 2.37. The molecule has 2 heterocycles. The van der Waals surface area contributed by atoms with E-state index in [1.54, 1.807) is 41.5 Å². The minimum atomic E-state index is -2.11. The molecule has 13 heteroatoms. The van der Waals surface area contributed by atoms with Gasteiger partial charge in [-0.05, 0) is 74.9 Å². The predicted octanol–water partition coefficient (Wildman–Crippen LogP) is 1.72. The number of hydrogen-bond acceptors (Lipinski definition) is 13. The van der Waals surface area contributed by atoms with Crippen LogP contribution in [0, 0.1) is 17.8 Å². The summed E-state index contributed by atoms with van der Waals surface area (Å²) in [5.74, 6) is -4.29. The van der Waals surface area contributed by atoms with Gasteiger partial charge in [0.25, 0.3) is 0 Å². The van der Waals surface area contributed by atoms with Crippen LogP contribution in [0.1, 0.15) is 81.6 Å². The van der Waals surface area contributed by atoms with Gasteiger partial charge in [-0.2, -0.15) is 10.2 Å². The van der Waals surface area contributed by atoms with Crippen LogP contribution in [0.2, 0.25) is 0 Å². The molecule has 2 aliphatic rings. The average molecular weight is 644 g/mol. The minimum absolute atomic E-state index is 0.0480. The van der Waals surface area contributed by atoms with E-state index in [-0.39, 0.29) is 30.7 Å². The number of rotatable bonds is 6. The van der Waals surface area contributed by atoms with Gasteiger partial charge in [0, 0.05) is 30.7 Å². The normalized spacial score (nSPS) is 43.6. The molecule has 13 nitrogen and oxygen atoms in total. The summed E-state index contributed by atoms with van der Waals surface area (Å²) in [7, 11) is 5.16. The van der Waals surface area contributed by atoms with Gasteiger partial charge in [0.05, 0.1) is 23.5 Å². The molecule has 0 aliphatic carbocycles. The number of ketones is 1. The Bertz CT molecular complexity index is 1080. The molecular weight excluding hydrogens is 586 g/mol. The van der Waals surface area contributed by atoms with Gasteiger partial charge in [-0.25, -0.2) is 0 Å². The fourth-order valence-electron chi connectivity index (χ4n) is 6.41. The number of carbonyl (C=O) groups excluding carboxylic acids is 2. The first kappa shape index (κ1) is 39.3. The number of Topliss-reactive ketones (excluding diaryl/α,β-unsaturated/α-hetero) is 1. The summed E-state index contributed by atoms with van der Waals surface area (Å²) in [4.78, 5) is 29.2. The van der Waals surface area contributed by atoms with E-state index in [1.807, 2.05) is 25.9 Å². The molecule has 0 spiro atoms. The van der Waals surface area contributed by atoms with Crippen molar-refractivity contribution in [3.8, 4) is 0 Å². The number of likely N-dealkylation sites (N-methyl/N-ethyl adjacent to an activating group) is 1. The largest absolute Gasteiger partial charge is 0.459 e. The third-order valence-corrected chi connectivity index (χ3v) is 9.37. The molecule has 0 aromatic rings. The van der Waals surface area contributed by atoms with Crippen LogP contribution < -0.4 is 0 Å². The highest BCUT2D eigenvalue weighted by atomic mass is 16.7. The Hall–Kier alpha value is -1.84. The first-order valence-corrected chi connectivity index (χ1v) is 15.8. The van der Waals surface area contributed by atoms with Gasteiger partial charge in [0.15, 0.2) is 12.1 Å². The number of esters is 1. The summed E-state index contributed by atoms with van der Waals surface area (Å²) in [6.07, 6.45) is -7.57. The second-order valence-corrected chi connectivity index (χ2v) is 13.7. The molecular formula is C32H57N3O10. The maximum Gasteiger partial charge on any atom is 0.316 e. The molecule has 2 aliphatic heterocycles. The zero-order chi connectivity index (χ0) is 34.6. The van der Waals surface area contributed by atoms with Crippen molar-refractivity contribution in [2.75, 3.05) is 21.2 Å². The summed E-state index contributed by atoms with van der Waals surface area (Å²) in [6.45, 7) is 14.8. The number of ether oxygens (including phenoxy) is 4.